The van der Waals surface area contributed by atoms with Crippen LogP contribution in [0.3, 0.4) is 0 Å². The van der Waals surface area contributed by atoms with E-state index in [1.807, 2.05) is 0 Å². The first-order valence-corrected chi connectivity index (χ1v) is 6.69. The van der Waals surface area contributed by atoms with E-state index < -0.39 is 0 Å². The van der Waals surface area contributed by atoms with Crippen molar-refractivity contribution in [1.29, 1.82) is 0 Å². The van der Waals surface area contributed by atoms with Gasteiger partial charge in [0.05, 0.1) is 19.6 Å². The molecule has 20 heavy (non-hydrogen) atoms. The number of phenolic OH excluding ortho intramolecular Hbond substituents is 1. The van der Waals surface area contributed by atoms with Gasteiger partial charge in [-0.1, -0.05) is 0 Å². The van der Waals surface area contributed by atoms with E-state index in [0.29, 0.717) is 5.75 Å². The predicted molar refractivity (Wildman–Crippen MR) is 76.0 cm³/mol. The lowest BCUT2D eigenvalue weighted by atomic mass is 9.91. The number of aryl methyl sites for hydroxylation is 2. The lowest BCUT2D eigenvalue weighted by molar-refractivity contribution is 0.335. The molecule has 0 atom stereocenters. The number of phenols is 1. The van der Waals surface area contributed by atoms with Crippen molar-refractivity contribution in [3.8, 4) is 17.2 Å². The van der Waals surface area contributed by atoms with Gasteiger partial charge in [0, 0.05) is 5.69 Å². The molecule has 1 aromatic carbocycles. The summed E-state index contributed by atoms with van der Waals surface area (Å²) in [6.45, 7) is 0. The molecule has 0 fully saturated rings. The number of ether oxygens (including phenoxy) is 2. The summed E-state index contributed by atoms with van der Waals surface area (Å²) in [4.78, 5) is 15.1. The summed E-state index contributed by atoms with van der Waals surface area (Å²) in [5.41, 5.74) is 1.79. The molecule has 1 aliphatic carbocycles. The molecule has 1 heterocycles. The third kappa shape index (κ3) is 1.73. The van der Waals surface area contributed by atoms with Gasteiger partial charge in [-0.3, -0.25) is 4.79 Å². The molecule has 0 bridgehead atoms. The molecular weight excluding hydrogens is 258 g/mol. The third-order valence-electron chi connectivity index (χ3n) is 3.93. The van der Waals surface area contributed by atoms with E-state index >= 15 is 0 Å². The number of benzene rings is 1. The number of aromatic nitrogens is 1. The number of rotatable bonds is 2. The van der Waals surface area contributed by atoms with Gasteiger partial charge in [-0.25, -0.2) is 0 Å². The van der Waals surface area contributed by atoms with E-state index in [4.69, 9.17) is 9.47 Å². The molecule has 2 aromatic rings. The van der Waals surface area contributed by atoms with Crippen molar-refractivity contribution >= 4 is 10.8 Å². The van der Waals surface area contributed by atoms with Gasteiger partial charge in [-0.2, -0.15) is 0 Å². The van der Waals surface area contributed by atoms with Crippen LogP contribution >= 0.6 is 0 Å². The number of nitrogens with one attached hydrogen (secondary N) is 1. The van der Waals surface area contributed by atoms with Crippen molar-refractivity contribution in [2.75, 3.05) is 14.2 Å². The maximum absolute atomic E-state index is 12.2. The highest BCUT2D eigenvalue weighted by atomic mass is 16.5. The molecule has 0 unspecified atom stereocenters. The van der Waals surface area contributed by atoms with Gasteiger partial charge in [0.15, 0.2) is 11.5 Å². The average Bonchev–Trinajstić information content (AvgIpc) is 2.46. The first-order valence-electron chi connectivity index (χ1n) is 6.69. The van der Waals surface area contributed by atoms with Crippen LogP contribution in [0.2, 0.25) is 0 Å². The van der Waals surface area contributed by atoms with Crippen molar-refractivity contribution in [3.05, 3.63) is 27.7 Å². The number of methoxy groups -OCH3 is 2. The summed E-state index contributed by atoms with van der Waals surface area (Å²) in [6, 6.07) is 1.78. The number of hydrogen-bond donors (Lipinski definition) is 2. The third-order valence-corrected chi connectivity index (χ3v) is 3.93. The Bertz CT molecular complexity index is 733. The molecule has 0 spiro atoms. The Kier molecular flexibility index (Phi) is 3.04. The lowest BCUT2D eigenvalue weighted by Gasteiger charge is -2.19. The zero-order chi connectivity index (χ0) is 14.3. The quantitative estimate of drug-likeness (QED) is 0.880. The molecule has 3 rings (SSSR count). The van der Waals surface area contributed by atoms with Crippen LogP contribution in [-0.4, -0.2) is 24.3 Å². The fourth-order valence-electron chi connectivity index (χ4n) is 2.98. The molecular formula is C15H17NO4. The molecule has 0 saturated carbocycles. The second-order valence-corrected chi connectivity index (χ2v) is 5.00. The van der Waals surface area contributed by atoms with Gasteiger partial charge in [-0.15, -0.1) is 0 Å². The average molecular weight is 275 g/mol. The standard InChI is InChI=1S/C15H17NO4/c1-19-11-7-9-8-5-3-4-6-10(8)16-15(18)12(9)13(17)14(11)20-2/h7,17H,3-6H2,1-2H3,(H,16,18). The van der Waals surface area contributed by atoms with Gasteiger partial charge in [0.25, 0.3) is 5.56 Å². The molecule has 0 amide bonds. The SMILES string of the molecule is COc1cc2c3c([nH]c(=O)c2c(O)c1OC)CCCC3. The number of H-pyrrole nitrogens is 1. The normalized spacial score (nSPS) is 14.1. The van der Waals surface area contributed by atoms with Crippen molar-refractivity contribution in [1.82, 2.24) is 4.98 Å². The Morgan fingerprint density at radius 1 is 1.20 bits per heavy atom. The molecule has 0 saturated heterocycles. The zero-order valence-corrected chi connectivity index (χ0v) is 11.6. The van der Waals surface area contributed by atoms with Crippen molar-refractivity contribution in [2.45, 2.75) is 25.7 Å². The maximum Gasteiger partial charge on any atom is 0.259 e. The van der Waals surface area contributed by atoms with Crippen molar-refractivity contribution < 1.29 is 14.6 Å². The molecule has 5 heteroatoms. The highest BCUT2D eigenvalue weighted by Crippen LogP contribution is 2.43. The highest BCUT2D eigenvalue weighted by Gasteiger charge is 2.22. The number of aromatic amines is 1. The summed E-state index contributed by atoms with van der Waals surface area (Å²) in [7, 11) is 2.96. The van der Waals surface area contributed by atoms with Gasteiger partial charge in [-0.05, 0) is 42.7 Å². The fourth-order valence-corrected chi connectivity index (χ4v) is 2.98. The monoisotopic (exact) mass is 275 g/mol. The minimum absolute atomic E-state index is 0.156. The van der Waals surface area contributed by atoms with E-state index in [1.54, 1.807) is 6.07 Å². The largest absolute Gasteiger partial charge is 0.504 e. The van der Waals surface area contributed by atoms with E-state index in [1.165, 1.54) is 14.2 Å². The van der Waals surface area contributed by atoms with E-state index in [-0.39, 0.29) is 22.4 Å². The number of pyridine rings is 1. The minimum Gasteiger partial charge on any atom is -0.504 e. The maximum atomic E-state index is 12.2. The van der Waals surface area contributed by atoms with Crippen molar-refractivity contribution in [3.63, 3.8) is 0 Å². The Morgan fingerprint density at radius 3 is 2.65 bits per heavy atom. The van der Waals surface area contributed by atoms with Gasteiger partial charge in [0.1, 0.15) is 0 Å². The van der Waals surface area contributed by atoms with Crippen LogP contribution in [-0.2, 0) is 12.8 Å². The highest BCUT2D eigenvalue weighted by molar-refractivity contribution is 5.94. The second kappa shape index (κ2) is 4.74. The van der Waals surface area contributed by atoms with Crippen LogP contribution < -0.4 is 15.0 Å². The summed E-state index contributed by atoms with van der Waals surface area (Å²) in [6.07, 6.45) is 3.93. The van der Waals surface area contributed by atoms with Gasteiger partial charge in [0.2, 0.25) is 5.75 Å². The van der Waals surface area contributed by atoms with Crippen LogP contribution in [0.5, 0.6) is 17.2 Å². The molecule has 1 aliphatic rings. The predicted octanol–water partition coefficient (Wildman–Crippen LogP) is 2.13. The lowest BCUT2D eigenvalue weighted by Crippen LogP contribution is -2.16. The molecule has 0 radical (unpaired) electrons. The fraction of sp³-hybridized carbons (Fsp3) is 0.400. The van der Waals surface area contributed by atoms with Gasteiger partial charge >= 0.3 is 0 Å². The summed E-state index contributed by atoms with van der Waals surface area (Å²) in [5.74, 6) is 0.480. The minimum atomic E-state index is -0.279. The number of hydrogen-bond acceptors (Lipinski definition) is 4. The smallest absolute Gasteiger partial charge is 0.259 e. The Balaban J connectivity index is 2.45. The molecule has 106 valence electrons. The van der Waals surface area contributed by atoms with Crippen LogP contribution in [0.15, 0.2) is 10.9 Å². The van der Waals surface area contributed by atoms with Gasteiger partial charge < -0.3 is 19.6 Å². The topological polar surface area (TPSA) is 71.6 Å². The van der Waals surface area contributed by atoms with Crippen LogP contribution in [0.4, 0.5) is 0 Å². The summed E-state index contributed by atoms with van der Waals surface area (Å²) < 4.78 is 10.4. The first kappa shape index (κ1) is 12.8. The molecule has 1 aromatic heterocycles. The molecule has 5 nitrogen and oxygen atoms in total. The molecule has 0 aliphatic heterocycles. The van der Waals surface area contributed by atoms with Crippen molar-refractivity contribution in [2.24, 2.45) is 0 Å². The second-order valence-electron chi connectivity index (χ2n) is 5.00. The summed E-state index contributed by atoms with van der Waals surface area (Å²) in [5, 5.41) is 11.4. The van der Waals surface area contributed by atoms with Crippen LogP contribution in [0.25, 0.3) is 10.8 Å². The molecule has 2 N–H and O–H groups in total. The van der Waals surface area contributed by atoms with E-state index in [9.17, 15) is 9.90 Å². The first-order chi connectivity index (χ1) is 9.67. The summed E-state index contributed by atoms with van der Waals surface area (Å²) >= 11 is 0. The zero-order valence-electron chi connectivity index (χ0n) is 11.6. The van der Waals surface area contributed by atoms with E-state index in [0.717, 1.165) is 42.3 Å². The van der Waals surface area contributed by atoms with E-state index in [2.05, 4.69) is 4.98 Å². The Hall–Kier alpha value is -2.17. The van der Waals surface area contributed by atoms with Crippen LogP contribution in [0.1, 0.15) is 24.1 Å². The Morgan fingerprint density at radius 2 is 1.95 bits per heavy atom. The number of aromatic hydroxyl groups is 1. The van der Waals surface area contributed by atoms with Crippen LogP contribution in [0, 0.1) is 0 Å². The number of fused-ring (bicyclic) bond motifs is 3. The Labute approximate surface area is 116 Å².